The van der Waals surface area contributed by atoms with E-state index < -0.39 is 14.3 Å². The molecule has 2 rings (SSSR count). The van der Waals surface area contributed by atoms with Crippen LogP contribution in [0, 0.1) is 0 Å². The van der Waals surface area contributed by atoms with E-state index in [9.17, 15) is 14.7 Å². The third kappa shape index (κ3) is 6.23. The predicted octanol–water partition coefficient (Wildman–Crippen LogP) is 4.49. The zero-order chi connectivity index (χ0) is 24.1. The Hall–Kier alpha value is -1.64. The lowest BCUT2D eigenvalue weighted by molar-refractivity contribution is -0.138. The quantitative estimate of drug-likeness (QED) is 0.266. The molecule has 2 aliphatic rings. The van der Waals surface area contributed by atoms with E-state index in [2.05, 4.69) is 52.7 Å². The number of aliphatic hydroxyl groups is 1. The van der Waals surface area contributed by atoms with Crippen molar-refractivity contribution >= 4 is 20.3 Å². The van der Waals surface area contributed by atoms with E-state index in [0.29, 0.717) is 30.5 Å². The Balaban J connectivity index is 2.13. The molecule has 0 unspecified atom stereocenters. The van der Waals surface area contributed by atoms with Gasteiger partial charge in [-0.05, 0) is 63.6 Å². The van der Waals surface area contributed by atoms with Gasteiger partial charge >= 0.3 is 12.0 Å². The molecular weight excluding hydrogens is 424 g/mol. The SMILES string of the molecule is C=CCOC(=O)C1=C(CCC[C@@H](C)O[Si](C)(C)C(C)(C)C)NC(=O)N2[C@H](CCO)CC[C@H]12. The highest BCUT2D eigenvalue weighted by Gasteiger charge is 2.45. The summed E-state index contributed by atoms with van der Waals surface area (Å²) >= 11 is 0. The number of carbonyl (C=O) groups is 2. The van der Waals surface area contributed by atoms with Crippen molar-refractivity contribution in [1.82, 2.24) is 10.2 Å². The molecule has 1 saturated heterocycles. The van der Waals surface area contributed by atoms with Gasteiger partial charge in [0, 0.05) is 24.4 Å². The van der Waals surface area contributed by atoms with Crippen molar-refractivity contribution in [3.8, 4) is 0 Å². The number of urea groups is 1. The van der Waals surface area contributed by atoms with Gasteiger partial charge in [-0.15, -0.1) is 0 Å². The zero-order valence-corrected chi connectivity index (χ0v) is 21.7. The van der Waals surface area contributed by atoms with Crippen LogP contribution in [-0.4, -0.2) is 61.7 Å². The molecule has 0 aromatic heterocycles. The zero-order valence-electron chi connectivity index (χ0n) is 20.7. The summed E-state index contributed by atoms with van der Waals surface area (Å²) in [6, 6.07) is -0.549. The van der Waals surface area contributed by atoms with Gasteiger partial charge in [-0.1, -0.05) is 33.4 Å². The van der Waals surface area contributed by atoms with Crippen molar-refractivity contribution in [3.05, 3.63) is 23.9 Å². The number of allylic oxidation sites excluding steroid dienone is 1. The normalized spacial score (nSPS) is 22.5. The summed E-state index contributed by atoms with van der Waals surface area (Å²) in [6.45, 7) is 17.0. The molecule has 0 aromatic rings. The summed E-state index contributed by atoms with van der Waals surface area (Å²) in [6.07, 6.45) is 5.87. The van der Waals surface area contributed by atoms with Crippen LogP contribution >= 0.6 is 0 Å². The lowest BCUT2D eigenvalue weighted by Crippen LogP contribution is -2.53. The average molecular weight is 467 g/mol. The van der Waals surface area contributed by atoms with Gasteiger partial charge in [-0.2, -0.15) is 0 Å². The van der Waals surface area contributed by atoms with Gasteiger partial charge in [0.15, 0.2) is 8.32 Å². The first-order valence-electron chi connectivity index (χ1n) is 11.8. The van der Waals surface area contributed by atoms with E-state index in [0.717, 1.165) is 19.3 Å². The molecule has 8 heteroatoms. The van der Waals surface area contributed by atoms with Gasteiger partial charge in [-0.3, -0.25) is 0 Å². The van der Waals surface area contributed by atoms with Crippen LogP contribution in [0.2, 0.25) is 18.1 Å². The smallest absolute Gasteiger partial charge is 0.338 e. The third-order valence-corrected chi connectivity index (χ3v) is 11.6. The van der Waals surface area contributed by atoms with E-state index in [-0.39, 0.29) is 42.5 Å². The second-order valence-corrected chi connectivity index (χ2v) is 15.2. The molecule has 182 valence electrons. The molecule has 3 atom stereocenters. The largest absolute Gasteiger partial charge is 0.458 e. The number of fused-ring (bicyclic) bond motifs is 1. The lowest BCUT2D eigenvalue weighted by atomic mass is 9.97. The van der Waals surface area contributed by atoms with Gasteiger partial charge < -0.3 is 24.5 Å². The maximum atomic E-state index is 12.9. The second-order valence-electron chi connectivity index (χ2n) is 10.5. The summed E-state index contributed by atoms with van der Waals surface area (Å²) in [5.74, 6) is -0.398. The monoisotopic (exact) mass is 466 g/mol. The van der Waals surface area contributed by atoms with Gasteiger partial charge in [0.05, 0.1) is 11.6 Å². The fraction of sp³-hybridized carbons (Fsp3) is 0.750. The molecule has 0 aromatic carbocycles. The Bertz CT molecular complexity index is 728. The number of hydrogen-bond acceptors (Lipinski definition) is 5. The number of nitrogens with one attached hydrogen (secondary N) is 1. The minimum absolute atomic E-state index is 0.0140. The van der Waals surface area contributed by atoms with Crippen LogP contribution in [0.3, 0.4) is 0 Å². The first kappa shape index (κ1) is 26.6. The maximum Gasteiger partial charge on any atom is 0.338 e. The predicted molar refractivity (Wildman–Crippen MR) is 129 cm³/mol. The van der Waals surface area contributed by atoms with Crippen molar-refractivity contribution in [2.45, 2.75) is 103 Å². The Labute approximate surface area is 194 Å². The molecule has 1 fully saturated rings. The summed E-state index contributed by atoms with van der Waals surface area (Å²) < 4.78 is 11.8. The van der Waals surface area contributed by atoms with Crippen molar-refractivity contribution < 1.29 is 23.9 Å². The molecule has 0 saturated carbocycles. The first-order chi connectivity index (χ1) is 14.9. The number of carbonyl (C=O) groups excluding carboxylic acids is 2. The molecule has 0 spiro atoms. The van der Waals surface area contributed by atoms with Crippen LogP contribution in [0.5, 0.6) is 0 Å². The maximum absolute atomic E-state index is 12.9. The van der Waals surface area contributed by atoms with Crippen molar-refractivity contribution in [3.63, 3.8) is 0 Å². The minimum Gasteiger partial charge on any atom is -0.458 e. The number of ether oxygens (including phenoxy) is 1. The second kappa shape index (κ2) is 11.0. The average Bonchev–Trinajstić information content (AvgIpc) is 3.09. The van der Waals surface area contributed by atoms with Crippen LogP contribution in [-0.2, 0) is 14.0 Å². The topological polar surface area (TPSA) is 88.1 Å². The standard InChI is InChI=1S/C24H42N2O5Si/c1-8-16-30-22(28)21-19(11-9-10-17(2)31-32(6,7)24(3,4)5)25-23(29)26-18(14-15-27)12-13-20(21)26/h8,17-18,20,27H,1,9-16H2,2-7H3,(H,25,29)/t17-,18+,20-/m1/s1. The van der Waals surface area contributed by atoms with Crippen molar-refractivity contribution in [2.75, 3.05) is 13.2 Å². The first-order valence-corrected chi connectivity index (χ1v) is 14.7. The highest BCUT2D eigenvalue weighted by Crippen LogP contribution is 2.38. The molecule has 2 aliphatic heterocycles. The summed E-state index contributed by atoms with van der Waals surface area (Å²) in [4.78, 5) is 27.5. The summed E-state index contributed by atoms with van der Waals surface area (Å²) in [5, 5.41) is 12.5. The molecule has 2 N–H and O–H groups in total. The molecule has 2 amide bonds. The molecule has 0 bridgehead atoms. The van der Waals surface area contributed by atoms with E-state index >= 15 is 0 Å². The highest BCUT2D eigenvalue weighted by molar-refractivity contribution is 6.74. The summed E-state index contributed by atoms with van der Waals surface area (Å²) in [5.41, 5.74) is 1.21. The highest BCUT2D eigenvalue weighted by atomic mass is 28.4. The third-order valence-electron chi connectivity index (χ3n) is 7.01. The minimum atomic E-state index is -1.84. The molecule has 7 nitrogen and oxygen atoms in total. The van der Waals surface area contributed by atoms with Gasteiger partial charge in [0.25, 0.3) is 0 Å². The summed E-state index contributed by atoms with van der Waals surface area (Å²) in [7, 11) is -1.84. The molecular formula is C24H42N2O5Si. The van der Waals surface area contributed by atoms with Gasteiger partial charge in [0.2, 0.25) is 0 Å². The fourth-order valence-electron chi connectivity index (χ4n) is 4.34. The number of rotatable bonds is 11. The molecule has 0 radical (unpaired) electrons. The van der Waals surface area contributed by atoms with Crippen LogP contribution in [0.4, 0.5) is 4.79 Å². The van der Waals surface area contributed by atoms with E-state index in [1.54, 1.807) is 11.0 Å². The van der Waals surface area contributed by atoms with Crippen molar-refractivity contribution in [1.29, 1.82) is 0 Å². The molecule has 2 heterocycles. The Morgan fingerprint density at radius 3 is 2.66 bits per heavy atom. The fourth-order valence-corrected chi connectivity index (χ4v) is 5.82. The number of nitrogens with zero attached hydrogens (tertiary/aromatic N) is 1. The lowest BCUT2D eigenvalue weighted by Gasteiger charge is -2.38. The van der Waals surface area contributed by atoms with E-state index in [1.807, 2.05) is 0 Å². The van der Waals surface area contributed by atoms with Crippen LogP contribution in [0.15, 0.2) is 23.9 Å². The number of hydrogen-bond donors (Lipinski definition) is 2. The number of esters is 1. The number of amides is 2. The van der Waals surface area contributed by atoms with Crippen LogP contribution in [0.1, 0.15) is 66.2 Å². The van der Waals surface area contributed by atoms with Crippen molar-refractivity contribution in [2.24, 2.45) is 0 Å². The van der Waals surface area contributed by atoms with E-state index in [4.69, 9.17) is 9.16 Å². The Morgan fingerprint density at radius 2 is 2.06 bits per heavy atom. The van der Waals surface area contributed by atoms with Crippen LogP contribution < -0.4 is 5.32 Å². The van der Waals surface area contributed by atoms with E-state index in [1.165, 1.54) is 0 Å². The van der Waals surface area contributed by atoms with Gasteiger partial charge in [-0.25, -0.2) is 9.59 Å². The van der Waals surface area contributed by atoms with Gasteiger partial charge in [0.1, 0.15) is 6.61 Å². The van der Waals surface area contributed by atoms with Crippen LogP contribution in [0.25, 0.3) is 0 Å². The Kier molecular flexibility index (Phi) is 9.13. The molecule has 0 aliphatic carbocycles. The Morgan fingerprint density at radius 1 is 1.38 bits per heavy atom. The number of aliphatic hydroxyl groups excluding tert-OH is 1. The molecule has 32 heavy (non-hydrogen) atoms.